The molecular formula is C17H14N2S2. The van der Waals surface area contributed by atoms with Crippen LogP contribution in [0.2, 0.25) is 0 Å². The highest BCUT2D eigenvalue weighted by molar-refractivity contribution is 7.14. The Labute approximate surface area is 131 Å². The smallest absolute Gasteiger partial charge is 0.0494 e. The number of hydrogen-bond donors (Lipinski definition) is 2. The molecule has 0 saturated carbocycles. The summed E-state index contributed by atoms with van der Waals surface area (Å²) in [4.78, 5) is 5.91. The number of H-pyrrole nitrogens is 1. The third-order valence-electron chi connectivity index (χ3n) is 3.48. The average molecular weight is 310 g/mol. The molecule has 0 aliphatic heterocycles. The third-order valence-corrected chi connectivity index (χ3v) is 5.34. The molecule has 2 nitrogen and oxygen atoms in total. The van der Waals surface area contributed by atoms with Crippen LogP contribution >= 0.6 is 22.7 Å². The number of aromatic nitrogens is 1. The zero-order chi connectivity index (χ0) is 14.1. The lowest BCUT2D eigenvalue weighted by Crippen LogP contribution is -1.96. The van der Waals surface area contributed by atoms with Crippen LogP contribution in [-0.2, 0) is 6.54 Å². The Hall–Kier alpha value is -2.04. The van der Waals surface area contributed by atoms with Crippen LogP contribution in [0.3, 0.4) is 0 Å². The van der Waals surface area contributed by atoms with Crippen LogP contribution in [0.15, 0.2) is 59.4 Å². The number of anilines is 1. The van der Waals surface area contributed by atoms with Gasteiger partial charge in [0.05, 0.1) is 0 Å². The fourth-order valence-electron chi connectivity index (χ4n) is 2.40. The quantitative estimate of drug-likeness (QED) is 0.506. The molecule has 0 bridgehead atoms. The van der Waals surface area contributed by atoms with Crippen LogP contribution in [0.1, 0.15) is 4.88 Å². The van der Waals surface area contributed by atoms with E-state index in [0.29, 0.717) is 0 Å². The minimum atomic E-state index is 0.867. The summed E-state index contributed by atoms with van der Waals surface area (Å²) in [6.07, 6.45) is 1.97. The first-order valence-corrected chi connectivity index (χ1v) is 8.57. The monoisotopic (exact) mass is 310 g/mol. The van der Waals surface area contributed by atoms with E-state index in [1.807, 2.05) is 17.5 Å². The van der Waals surface area contributed by atoms with Crippen molar-refractivity contribution in [1.29, 1.82) is 0 Å². The standard InChI is InChI=1S/C17H14N2S2/c1-2-17(20-7-1)13-9-15(21-11-13)10-19-14-3-4-16-12(8-14)5-6-18-16/h1-9,11,18-19H,10H2. The molecule has 0 atom stereocenters. The van der Waals surface area contributed by atoms with E-state index in [1.54, 1.807) is 11.3 Å². The molecule has 0 aliphatic rings. The number of benzene rings is 1. The molecule has 1 aromatic carbocycles. The van der Waals surface area contributed by atoms with Crippen molar-refractivity contribution in [2.45, 2.75) is 6.54 Å². The van der Waals surface area contributed by atoms with Crippen LogP contribution in [0.25, 0.3) is 21.3 Å². The number of nitrogens with one attached hydrogen (secondary N) is 2. The van der Waals surface area contributed by atoms with Gasteiger partial charge < -0.3 is 10.3 Å². The Bertz CT molecular complexity index is 856. The van der Waals surface area contributed by atoms with Crippen molar-refractivity contribution >= 4 is 39.3 Å². The van der Waals surface area contributed by atoms with E-state index in [-0.39, 0.29) is 0 Å². The van der Waals surface area contributed by atoms with Crippen LogP contribution in [-0.4, -0.2) is 4.98 Å². The molecule has 4 aromatic rings. The van der Waals surface area contributed by atoms with Crippen LogP contribution in [0, 0.1) is 0 Å². The van der Waals surface area contributed by atoms with Gasteiger partial charge in [0.2, 0.25) is 0 Å². The van der Waals surface area contributed by atoms with Crippen molar-refractivity contribution in [1.82, 2.24) is 4.98 Å². The second-order valence-electron chi connectivity index (χ2n) is 4.91. The first-order valence-electron chi connectivity index (χ1n) is 6.81. The normalized spacial score (nSPS) is 11.0. The van der Waals surface area contributed by atoms with Gasteiger partial charge in [0.1, 0.15) is 0 Å². The molecule has 0 unspecified atom stereocenters. The molecule has 0 radical (unpaired) electrons. The van der Waals surface area contributed by atoms with Gasteiger partial charge in [-0.2, -0.15) is 0 Å². The van der Waals surface area contributed by atoms with Crippen LogP contribution in [0.5, 0.6) is 0 Å². The summed E-state index contributed by atoms with van der Waals surface area (Å²) in [5.74, 6) is 0. The molecule has 3 aromatic heterocycles. The molecule has 4 rings (SSSR count). The van der Waals surface area contributed by atoms with E-state index in [0.717, 1.165) is 12.2 Å². The number of aromatic amines is 1. The lowest BCUT2D eigenvalue weighted by Gasteiger charge is -2.04. The van der Waals surface area contributed by atoms with Crippen LogP contribution in [0.4, 0.5) is 5.69 Å². The Morgan fingerprint density at radius 2 is 2.05 bits per heavy atom. The maximum Gasteiger partial charge on any atom is 0.0494 e. The molecule has 4 heteroatoms. The number of thiophene rings is 2. The van der Waals surface area contributed by atoms with E-state index in [9.17, 15) is 0 Å². The van der Waals surface area contributed by atoms with Gasteiger partial charge in [-0.05, 0) is 47.2 Å². The second-order valence-corrected chi connectivity index (χ2v) is 6.86. The molecule has 0 saturated heterocycles. The Kier molecular flexibility index (Phi) is 3.25. The predicted octanol–water partition coefficient (Wildman–Crippen LogP) is 5.57. The zero-order valence-electron chi connectivity index (χ0n) is 11.3. The lowest BCUT2D eigenvalue weighted by atomic mass is 10.2. The lowest BCUT2D eigenvalue weighted by molar-refractivity contribution is 1.20. The molecule has 104 valence electrons. The molecule has 0 fully saturated rings. The molecule has 0 spiro atoms. The summed E-state index contributed by atoms with van der Waals surface area (Å²) in [6, 6.07) is 15.1. The van der Waals surface area contributed by atoms with E-state index >= 15 is 0 Å². The van der Waals surface area contributed by atoms with Crippen molar-refractivity contribution in [2.75, 3.05) is 5.32 Å². The van der Waals surface area contributed by atoms with Crippen molar-refractivity contribution in [3.63, 3.8) is 0 Å². The van der Waals surface area contributed by atoms with Crippen molar-refractivity contribution in [2.24, 2.45) is 0 Å². The van der Waals surface area contributed by atoms with Gasteiger partial charge in [0.15, 0.2) is 0 Å². The molecule has 3 heterocycles. The summed E-state index contributed by atoms with van der Waals surface area (Å²) in [5, 5.41) is 9.10. The van der Waals surface area contributed by atoms with Gasteiger partial charge in [-0.1, -0.05) is 6.07 Å². The predicted molar refractivity (Wildman–Crippen MR) is 93.3 cm³/mol. The highest BCUT2D eigenvalue weighted by Crippen LogP contribution is 2.29. The first kappa shape index (κ1) is 12.7. The highest BCUT2D eigenvalue weighted by Gasteiger charge is 2.04. The van der Waals surface area contributed by atoms with Gasteiger partial charge >= 0.3 is 0 Å². The molecule has 21 heavy (non-hydrogen) atoms. The van der Waals surface area contributed by atoms with Crippen LogP contribution < -0.4 is 5.32 Å². The maximum absolute atomic E-state index is 3.50. The van der Waals surface area contributed by atoms with Crippen molar-refractivity contribution in [3.05, 3.63) is 64.3 Å². The highest BCUT2D eigenvalue weighted by atomic mass is 32.1. The summed E-state index contributed by atoms with van der Waals surface area (Å²) in [6.45, 7) is 0.867. The summed E-state index contributed by atoms with van der Waals surface area (Å²) in [5.41, 5.74) is 3.66. The maximum atomic E-state index is 3.50. The molecule has 2 N–H and O–H groups in total. The van der Waals surface area contributed by atoms with Gasteiger partial charge in [-0.25, -0.2) is 0 Å². The largest absolute Gasteiger partial charge is 0.380 e. The van der Waals surface area contributed by atoms with Gasteiger partial charge in [0, 0.05) is 44.6 Å². The number of fused-ring (bicyclic) bond motifs is 1. The Balaban J connectivity index is 1.49. The van der Waals surface area contributed by atoms with Gasteiger partial charge in [-0.3, -0.25) is 0 Å². The van der Waals surface area contributed by atoms with Gasteiger partial charge in [-0.15, -0.1) is 22.7 Å². The summed E-state index contributed by atoms with van der Waals surface area (Å²) < 4.78 is 0. The summed E-state index contributed by atoms with van der Waals surface area (Å²) >= 11 is 3.60. The SMILES string of the molecule is c1csc(-c2csc(CNc3ccc4[nH]ccc4c3)c2)c1. The Morgan fingerprint density at radius 3 is 2.95 bits per heavy atom. The van der Waals surface area contributed by atoms with E-state index in [4.69, 9.17) is 0 Å². The minimum absolute atomic E-state index is 0.867. The fourth-order valence-corrected chi connectivity index (χ4v) is 4.01. The molecule has 0 amide bonds. The van der Waals surface area contributed by atoms with Crippen molar-refractivity contribution < 1.29 is 0 Å². The first-order chi connectivity index (χ1) is 10.4. The molecular weight excluding hydrogens is 296 g/mol. The average Bonchev–Trinajstić information content (AvgIpc) is 3.24. The van der Waals surface area contributed by atoms with Crippen molar-refractivity contribution in [3.8, 4) is 10.4 Å². The second kappa shape index (κ2) is 5.39. The van der Waals surface area contributed by atoms with E-state index < -0.39 is 0 Å². The zero-order valence-corrected chi connectivity index (χ0v) is 12.9. The molecule has 0 aliphatic carbocycles. The minimum Gasteiger partial charge on any atom is -0.380 e. The van der Waals surface area contributed by atoms with E-state index in [1.165, 1.54) is 26.2 Å². The van der Waals surface area contributed by atoms with Gasteiger partial charge in [0.25, 0.3) is 0 Å². The summed E-state index contributed by atoms with van der Waals surface area (Å²) in [7, 11) is 0. The number of hydrogen-bond acceptors (Lipinski definition) is 3. The number of rotatable bonds is 4. The Morgan fingerprint density at radius 1 is 1.05 bits per heavy atom. The third kappa shape index (κ3) is 2.60. The topological polar surface area (TPSA) is 27.8 Å². The van der Waals surface area contributed by atoms with E-state index in [2.05, 4.69) is 63.5 Å². The fraction of sp³-hybridized carbons (Fsp3) is 0.0588.